The smallest absolute Gasteiger partial charge is 0.252 e. The minimum Gasteiger partial charge on any atom is -0.495 e. The molecule has 1 amide bonds. The number of likely N-dealkylation sites (N-methyl/N-ethyl adjacent to an activating group) is 1. The number of anilines is 1. The molecule has 0 N–H and O–H groups in total. The van der Waals surface area contributed by atoms with Gasteiger partial charge in [-0.15, -0.1) is 0 Å². The standard InChI is InChI=1S/C24H29N3O5S/c1-26(2)13-14-27(21(28)12-8-16-7-9-17(29-3)20(15-16)32-6)24-25-22-18(30-4)10-11-19(31-5)23(22)33-24/h7-12,15H,13-14H2,1-6H3. The Balaban J connectivity index is 1.96. The normalized spacial score (nSPS) is 11.2. The number of carbonyl (C=O) groups is 1. The number of thiazole rings is 1. The molecule has 0 atom stereocenters. The van der Waals surface area contributed by atoms with Crippen LogP contribution in [0.15, 0.2) is 36.4 Å². The van der Waals surface area contributed by atoms with Crippen molar-refractivity contribution in [1.82, 2.24) is 9.88 Å². The van der Waals surface area contributed by atoms with Gasteiger partial charge in [-0.2, -0.15) is 0 Å². The lowest BCUT2D eigenvalue weighted by atomic mass is 10.2. The van der Waals surface area contributed by atoms with Crippen molar-refractivity contribution in [3.8, 4) is 23.0 Å². The molecule has 0 radical (unpaired) electrons. The fourth-order valence-electron chi connectivity index (χ4n) is 3.20. The van der Waals surface area contributed by atoms with Crippen LogP contribution in [0.5, 0.6) is 23.0 Å². The van der Waals surface area contributed by atoms with Crippen LogP contribution in [0.25, 0.3) is 16.3 Å². The molecule has 2 aromatic carbocycles. The van der Waals surface area contributed by atoms with Gasteiger partial charge in [0.05, 0.1) is 28.4 Å². The first-order valence-corrected chi connectivity index (χ1v) is 11.1. The first kappa shape index (κ1) is 24.3. The third-order valence-electron chi connectivity index (χ3n) is 4.99. The van der Waals surface area contributed by atoms with Crippen molar-refractivity contribution in [2.45, 2.75) is 0 Å². The zero-order valence-corrected chi connectivity index (χ0v) is 20.6. The molecule has 1 heterocycles. The molecule has 0 bridgehead atoms. The van der Waals surface area contributed by atoms with E-state index in [2.05, 4.69) is 0 Å². The summed E-state index contributed by atoms with van der Waals surface area (Å²) in [5.41, 5.74) is 1.49. The number of amides is 1. The highest BCUT2D eigenvalue weighted by Crippen LogP contribution is 2.40. The summed E-state index contributed by atoms with van der Waals surface area (Å²) in [5, 5.41) is 0.580. The molecular weight excluding hydrogens is 442 g/mol. The van der Waals surface area contributed by atoms with Crippen LogP contribution in [0.1, 0.15) is 5.56 Å². The van der Waals surface area contributed by atoms with Crippen LogP contribution in [0.3, 0.4) is 0 Å². The summed E-state index contributed by atoms with van der Waals surface area (Å²) in [6.45, 7) is 1.16. The quantitative estimate of drug-likeness (QED) is 0.415. The molecule has 9 heteroatoms. The largest absolute Gasteiger partial charge is 0.495 e. The topological polar surface area (TPSA) is 73.4 Å². The Morgan fingerprint density at radius 2 is 1.55 bits per heavy atom. The van der Waals surface area contributed by atoms with E-state index < -0.39 is 0 Å². The van der Waals surface area contributed by atoms with Gasteiger partial charge in [0.2, 0.25) is 0 Å². The number of methoxy groups -OCH3 is 4. The van der Waals surface area contributed by atoms with Gasteiger partial charge in [-0.05, 0) is 50.0 Å². The first-order chi connectivity index (χ1) is 15.9. The Kier molecular flexibility index (Phi) is 8.13. The number of carbonyl (C=O) groups excluding carboxylic acids is 1. The first-order valence-electron chi connectivity index (χ1n) is 10.3. The molecule has 0 aliphatic heterocycles. The highest BCUT2D eigenvalue weighted by molar-refractivity contribution is 7.22. The van der Waals surface area contributed by atoms with Gasteiger partial charge in [0.15, 0.2) is 16.6 Å². The third-order valence-corrected chi connectivity index (χ3v) is 6.09. The number of hydrogen-bond acceptors (Lipinski definition) is 8. The zero-order valence-electron chi connectivity index (χ0n) is 19.7. The number of fused-ring (bicyclic) bond motifs is 1. The van der Waals surface area contributed by atoms with E-state index in [-0.39, 0.29) is 5.91 Å². The van der Waals surface area contributed by atoms with Crippen molar-refractivity contribution < 1.29 is 23.7 Å². The summed E-state index contributed by atoms with van der Waals surface area (Å²) < 4.78 is 22.4. The second kappa shape index (κ2) is 11.0. The van der Waals surface area contributed by atoms with Gasteiger partial charge in [0.25, 0.3) is 5.91 Å². The van der Waals surface area contributed by atoms with Gasteiger partial charge in [-0.3, -0.25) is 9.69 Å². The van der Waals surface area contributed by atoms with E-state index in [4.69, 9.17) is 23.9 Å². The molecule has 176 valence electrons. The van der Waals surface area contributed by atoms with E-state index >= 15 is 0 Å². The Hall–Kier alpha value is -3.30. The molecule has 3 rings (SSSR count). The van der Waals surface area contributed by atoms with Gasteiger partial charge in [0, 0.05) is 19.2 Å². The van der Waals surface area contributed by atoms with Gasteiger partial charge in [0.1, 0.15) is 21.7 Å². The average Bonchev–Trinajstić information content (AvgIpc) is 3.26. The summed E-state index contributed by atoms with van der Waals surface area (Å²) in [6.07, 6.45) is 3.29. The molecule has 0 aliphatic carbocycles. The van der Waals surface area contributed by atoms with Crippen molar-refractivity contribution in [2.24, 2.45) is 0 Å². The fourth-order valence-corrected chi connectivity index (χ4v) is 4.31. The number of aromatic nitrogens is 1. The highest BCUT2D eigenvalue weighted by Gasteiger charge is 2.21. The van der Waals surface area contributed by atoms with Gasteiger partial charge in [-0.25, -0.2) is 4.98 Å². The molecule has 0 spiro atoms. The molecule has 0 fully saturated rings. The van der Waals surface area contributed by atoms with Crippen LogP contribution in [0, 0.1) is 0 Å². The minimum atomic E-state index is -0.177. The van der Waals surface area contributed by atoms with Crippen LogP contribution >= 0.6 is 11.3 Å². The van der Waals surface area contributed by atoms with Crippen molar-refractivity contribution in [2.75, 3.05) is 60.5 Å². The lowest BCUT2D eigenvalue weighted by Gasteiger charge is -2.20. The molecule has 33 heavy (non-hydrogen) atoms. The van der Waals surface area contributed by atoms with E-state index in [0.29, 0.717) is 46.7 Å². The lowest BCUT2D eigenvalue weighted by Crippen LogP contribution is -2.35. The molecule has 0 saturated carbocycles. The minimum absolute atomic E-state index is 0.177. The Morgan fingerprint density at radius 3 is 2.18 bits per heavy atom. The van der Waals surface area contributed by atoms with Crippen molar-refractivity contribution in [3.63, 3.8) is 0 Å². The van der Waals surface area contributed by atoms with E-state index in [1.807, 2.05) is 43.3 Å². The van der Waals surface area contributed by atoms with Crippen LogP contribution < -0.4 is 23.8 Å². The van der Waals surface area contributed by atoms with Crippen LogP contribution in [-0.2, 0) is 4.79 Å². The fraction of sp³-hybridized carbons (Fsp3) is 0.333. The zero-order chi connectivity index (χ0) is 24.0. The van der Waals surface area contributed by atoms with E-state index in [0.717, 1.165) is 10.3 Å². The van der Waals surface area contributed by atoms with Crippen molar-refractivity contribution in [3.05, 3.63) is 42.0 Å². The van der Waals surface area contributed by atoms with Crippen molar-refractivity contribution >= 4 is 38.7 Å². The third kappa shape index (κ3) is 5.55. The number of hydrogen-bond donors (Lipinski definition) is 0. The molecule has 1 aromatic heterocycles. The Bertz CT molecular complexity index is 1100. The number of benzene rings is 2. The monoisotopic (exact) mass is 471 g/mol. The second-order valence-electron chi connectivity index (χ2n) is 7.39. The molecule has 3 aromatic rings. The molecular formula is C24H29N3O5S. The maximum absolute atomic E-state index is 13.3. The predicted octanol–water partition coefficient (Wildman–Crippen LogP) is 3.94. The SMILES string of the molecule is COc1ccc(C=CC(=O)N(CCN(C)C)c2nc3c(OC)ccc(OC)c3s2)cc1OC. The predicted molar refractivity (Wildman–Crippen MR) is 132 cm³/mol. The lowest BCUT2D eigenvalue weighted by molar-refractivity contribution is -0.114. The second-order valence-corrected chi connectivity index (χ2v) is 8.36. The van der Waals surface area contributed by atoms with Crippen LogP contribution in [0.2, 0.25) is 0 Å². The van der Waals surface area contributed by atoms with Crippen molar-refractivity contribution in [1.29, 1.82) is 0 Å². The average molecular weight is 472 g/mol. The van der Waals surface area contributed by atoms with E-state index in [1.165, 1.54) is 17.4 Å². The summed E-state index contributed by atoms with van der Waals surface area (Å²) >= 11 is 1.40. The molecule has 0 saturated heterocycles. The molecule has 0 unspecified atom stereocenters. The van der Waals surface area contributed by atoms with Gasteiger partial charge in [-0.1, -0.05) is 17.4 Å². The van der Waals surface area contributed by atoms with E-state index in [9.17, 15) is 4.79 Å². The maximum atomic E-state index is 13.3. The van der Waals surface area contributed by atoms with Crippen LogP contribution in [-0.4, -0.2) is 71.4 Å². The van der Waals surface area contributed by atoms with Gasteiger partial charge >= 0.3 is 0 Å². The highest BCUT2D eigenvalue weighted by atomic mass is 32.1. The number of rotatable bonds is 10. The van der Waals surface area contributed by atoms with Gasteiger partial charge < -0.3 is 23.8 Å². The maximum Gasteiger partial charge on any atom is 0.252 e. The Labute approximate surface area is 197 Å². The van der Waals surface area contributed by atoms with E-state index in [1.54, 1.807) is 45.5 Å². The Morgan fingerprint density at radius 1 is 0.909 bits per heavy atom. The summed E-state index contributed by atoms with van der Waals surface area (Å²) in [7, 11) is 10.3. The summed E-state index contributed by atoms with van der Waals surface area (Å²) in [4.78, 5) is 21.7. The summed E-state index contributed by atoms with van der Waals surface area (Å²) in [5.74, 6) is 2.38. The molecule has 8 nitrogen and oxygen atoms in total. The molecule has 0 aliphatic rings. The number of nitrogens with zero attached hydrogens (tertiary/aromatic N) is 3. The number of ether oxygens (including phenoxy) is 4. The van der Waals surface area contributed by atoms with Crippen LogP contribution in [0.4, 0.5) is 5.13 Å². The summed E-state index contributed by atoms with van der Waals surface area (Å²) in [6, 6.07) is 9.14.